The highest BCUT2D eigenvalue weighted by atomic mass is 16.5. The van der Waals surface area contributed by atoms with E-state index in [-0.39, 0.29) is 0 Å². The van der Waals surface area contributed by atoms with Crippen molar-refractivity contribution in [2.24, 2.45) is 11.8 Å². The molecule has 0 saturated carbocycles. The highest BCUT2D eigenvalue weighted by molar-refractivity contribution is 5.93. The monoisotopic (exact) mass is 328 g/mol. The molecule has 4 heteroatoms. The molecule has 23 heavy (non-hydrogen) atoms. The van der Waals surface area contributed by atoms with E-state index in [0.29, 0.717) is 19.4 Å². The van der Waals surface area contributed by atoms with Gasteiger partial charge in [-0.1, -0.05) is 78.6 Å². The molecule has 1 unspecified atom stereocenters. The van der Waals surface area contributed by atoms with E-state index in [2.05, 4.69) is 13.8 Å². The van der Waals surface area contributed by atoms with E-state index in [1.54, 1.807) is 0 Å². The topological polar surface area (TPSA) is 63.6 Å². The van der Waals surface area contributed by atoms with E-state index in [1.807, 2.05) is 6.92 Å². The fraction of sp³-hybridized carbons (Fsp3) is 0.895. The molecule has 0 radical (unpaired) electrons. The van der Waals surface area contributed by atoms with Crippen molar-refractivity contribution in [2.45, 2.75) is 91.4 Å². The van der Waals surface area contributed by atoms with Crippen LogP contribution in [0.25, 0.3) is 0 Å². The second kappa shape index (κ2) is 14.5. The summed E-state index contributed by atoms with van der Waals surface area (Å²) in [5.74, 6) is -1.83. The Bertz CT molecular complexity index is 312. The van der Waals surface area contributed by atoms with Gasteiger partial charge in [-0.2, -0.15) is 0 Å². The van der Waals surface area contributed by atoms with E-state index >= 15 is 0 Å². The van der Waals surface area contributed by atoms with Gasteiger partial charge in [-0.3, -0.25) is 9.59 Å². The summed E-state index contributed by atoms with van der Waals surface area (Å²) in [6, 6.07) is 0. The van der Waals surface area contributed by atoms with E-state index in [9.17, 15) is 9.59 Å². The van der Waals surface area contributed by atoms with Gasteiger partial charge >= 0.3 is 11.9 Å². The SMILES string of the molecule is CCCC(C(=O)O)C(=O)OCCCCCCCCCCC(C)C. The second-order valence-corrected chi connectivity index (χ2v) is 6.86. The van der Waals surface area contributed by atoms with Gasteiger partial charge in [-0.15, -0.1) is 0 Å². The van der Waals surface area contributed by atoms with Gasteiger partial charge in [0.25, 0.3) is 0 Å². The molecule has 1 atom stereocenters. The minimum atomic E-state index is -1.07. The van der Waals surface area contributed by atoms with Crippen LogP contribution < -0.4 is 0 Å². The van der Waals surface area contributed by atoms with Gasteiger partial charge in [0.2, 0.25) is 0 Å². The van der Waals surface area contributed by atoms with Crippen LogP contribution in [0.5, 0.6) is 0 Å². The molecule has 0 spiro atoms. The summed E-state index contributed by atoms with van der Waals surface area (Å²) in [7, 11) is 0. The number of esters is 1. The Morgan fingerprint density at radius 1 is 0.870 bits per heavy atom. The van der Waals surface area contributed by atoms with Crippen LogP contribution in [0.3, 0.4) is 0 Å². The van der Waals surface area contributed by atoms with Crippen molar-refractivity contribution in [3.63, 3.8) is 0 Å². The third kappa shape index (κ3) is 13.1. The van der Waals surface area contributed by atoms with Crippen LogP contribution in [0.1, 0.15) is 91.4 Å². The van der Waals surface area contributed by atoms with Gasteiger partial charge in [-0.05, 0) is 18.8 Å². The first-order valence-electron chi connectivity index (χ1n) is 9.38. The normalized spacial score (nSPS) is 12.3. The summed E-state index contributed by atoms with van der Waals surface area (Å²) in [6.45, 7) is 6.76. The fourth-order valence-corrected chi connectivity index (χ4v) is 2.62. The maximum atomic E-state index is 11.7. The van der Waals surface area contributed by atoms with E-state index in [1.165, 1.54) is 44.9 Å². The van der Waals surface area contributed by atoms with Crippen LogP contribution in [0, 0.1) is 11.8 Å². The Morgan fingerprint density at radius 3 is 1.87 bits per heavy atom. The number of hydrogen-bond donors (Lipinski definition) is 1. The zero-order chi connectivity index (χ0) is 17.5. The zero-order valence-corrected chi connectivity index (χ0v) is 15.3. The Morgan fingerprint density at radius 2 is 1.39 bits per heavy atom. The molecule has 0 rings (SSSR count). The van der Waals surface area contributed by atoms with Gasteiger partial charge < -0.3 is 9.84 Å². The van der Waals surface area contributed by atoms with Crippen LogP contribution in [0.15, 0.2) is 0 Å². The third-order valence-electron chi connectivity index (χ3n) is 4.08. The Balaban J connectivity index is 3.45. The van der Waals surface area contributed by atoms with Crippen LogP contribution in [-0.4, -0.2) is 23.7 Å². The first kappa shape index (κ1) is 21.9. The summed E-state index contributed by atoms with van der Waals surface area (Å²) >= 11 is 0. The predicted octanol–water partition coefficient (Wildman–Crippen LogP) is 5.20. The number of carbonyl (C=O) groups is 2. The fourth-order valence-electron chi connectivity index (χ4n) is 2.62. The molecule has 1 N–H and O–H groups in total. The van der Waals surface area contributed by atoms with Gasteiger partial charge in [0, 0.05) is 0 Å². The van der Waals surface area contributed by atoms with Crippen LogP contribution >= 0.6 is 0 Å². The number of hydrogen-bond acceptors (Lipinski definition) is 3. The van der Waals surface area contributed by atoms with Crippen molar-refractivity contribution in [1.29, 1.82) is 0 Å². The molecule has 0 fully saturated rings. The number of unbranched alkanes of at least 4 members (excludes halogenated alkanes) is 7. The molecule has 0 bridgehead atoms. The molecule has 0 heterocycles. The number of ether oxygens (including phenoxy) is 1. The molecule has 0 amide bonds. The van der Waals surface area contributed by atoms with E-state index < -0.39 is 17.9 Å². The Kier molecular flexibility index (Phi) is 13.9. The lowest BCUT2D eigenvalue weighted by atomic mass is 10.0. The summed E-state index contributed by atoms with van der Waals surface area (Å²) in [6.07, 6.45) is 11.9. The quantitative estimate of drug-likeness (QED) is 0.255. The van der Waals surface area contributed by atoms with Crippen molar-refractivity contribution in [3.05, 3.63) is 0 Å². The molecule has 4 nitrogen and oxygen atoms in total. The van der Waals surface area contributed by atoms with Crippen LogP contribution in [-0.2, 0) is 14.3 Å². The molecule has 136 valence electrons. The Hall–Kier alpha value is -1.06. The van der Waals surface area contributed by atoms with Crippen molar-refractivity contribution in [3.8, 4) is 0 Å². The molecule has 0 saturated heterocycles. The Labute approximate surface area is 142 Å². The van der Waals surface area contributed by atoms with Crippen LogP contribution in [0.2, 0.25) is 0 Å². The lowest BCUT2D eigenvalue weighted by Gasteiger charge is -2.11. The molecule has 0 aromatic rings. The molecule has 0 aromatic heterocycles. The number of carbonyl (C=O) groups excluding carboxylic acids is 1. The zero-order valence-electron chi connectivity index (χ0n) is 15.3. The van der Waals surface area contributed by atoms with Gasteiger partial charge in [0.15, 0.2) is 5.92 Å². The number of aliphatic carboxylic acids is 1. The van der Waals surface area contributed by atoms with E-state index in [4.69, 9.17) is 9.84 Å². The first-order valence-corrected chi connectivity index (χ1v) is 9.38. The lowest BCUT2D eigenvalue weighted by molar-refractivity contribution is -0.159. The van der Waals surface area contributed by atoms with Gasteiger partial charge in [0.1, 0.15) is 0 Å². The lowest BCUT2D eigenvalue weighted by Crippen LogP contribution is -2.26. The van der Waals surface area contributed by atoms with Gasteiger partial charge in [0.05, 0.1) is 6.61 Å². The summed E-state index contributed by atoms with van der Waals surface area (Å²) in [5, 5.41) is 8.97. The van der Waals surface area contributed by atoms with Crippen molar-refractivity contribution >= 4 is 11.9 Å². The van der Waals surface area contributed by atoms with Crippen molar-refractivity contribution < 1.29 is 19.4 Å². The number of carboxylic acids is 1. The summed E-state index contributed by atoms with van der Waals surface area (Å²) in [5.41, 5.74) is 0. The second-order valence-electron chi connectivity index (χ2n) is 6.86. The predicted molar refractivity (Wildman–Crippen MR) is 93.4 cm³/mol. The van der Waals surface area contributed by atoms with Crippen LogP contribution in [0.4, 0.5) is 0 Å². The number of carboxylic acid groups (broad SMARTS) is 1. The molecule has 0 aliphatic rings. The first-order chi connectivity index (χ1) is 11.0. The average Bonchev–Trinajstić information content (AvgIpc) is 2.49. The molecule has 0 aliphatic carbocycles. The van der Waals surface area contributed by atoms with Gasteiger partial charge in [-0.25, -0.2) is 0 Å². The van der Waals surface area contributed by atoms with Crippen molar-refractivity contribution in [1.82, 2.24) is 0 Å². The minimum Gasteiger partial charge on any atom is -0.481 e. The minimum absolute atomic E-state index is 0.348. The molecule has 0 aliphatic heterocycles. The van der Waals surface area contributed by atoms with E-state index in [0.717, 1.165) is 18.8 Å². The highest BCUT2D eigenvalue weighted by Crippen LogP contribution is 2.13. The molecular weight excluding hydrogens is 292 g/mol. The van der Waals surface area contributed by atoms with Crippen molar-refractivity contribution in [2.75, 3.05) is 6.61 Å². The maximum absolute atomic E-state index is 11.7. The number of rotatable bonds is 15. The highest BCUT2D eigenvalue weighted by Gasteiger charge is 2.26. The third-order valence-corrected chi connectivity index (χ3v) is 4.08. The average molecular weight is 328 g/mol. The summed E-state index contributed by atoms with van der Waals surface area (Å²) < 4.78 is 5.08. The standard InChI is InChI=1S/C19H36O4/c1-4-13-17(18(20)21)19(22)23-15-12-10-8-6-5-7-9-11-14-16(2)3/h16-17H,4-15H2,1-3H3,(H,20,21). The summed E-state index contributed by atoms with van der Waals surface area (Å²) in [4.78, 5) is 22.6. The largest absolute Gasteiger partial charge is 0.481 e. The molecule has 0 aromatic carbocycles. The molecular formula is C19H36O4. The smallest absolute Gasteiger partial charge is 0.320 e. The maximum Gasteiger partial charge on any atom is 0.320 e.